The fraction of sp³-hybridized carbons (Fsp3) is 0.200. The minimum absolute atomic E-state index is 0.285. The molecule has 1 saturated heterocycles. The highest BCUT2D eigenvalue weighted by molar-refractivity contribution is 5.95. The second kappa shape index (κ2) is 11.7. The summed E-state index contributed by atoms with van der Waals surface area (Å²) < 4.78 is 19.4. The van der Waals surface area contributed by atoms with Gasteiger partial charge in [0.15, 0.2) is 6.29 Å². The lowest BCUT2D eigenvalue weighted by molar-refractivity contribution is 0.111. The van der Waals surface area contributed by atoms with E-state index < -0.39 is 0 Å². The summed E-state index contributed by atoms with van der Waals surface area (Å²) in [6, 6.07) is 19.9. The van der Waals surface area contributed by atoms with Crippen molar-refractivity contribution in [3.63, 3.8) is 0 Å². The van der Waals surface area contributed by atoms with Crippen LogP contribution in [0, 0.1) is 5.82 Å². The van der Waals surface area contributed by atoms with Gasteiger partial charge >= 0.3 is 0 Å². The van der Waals surface area contributed by atoms with Crippen molar-refractivity contribution in [2.24, 2.45) is 0 Å². The van der Waals surface area contributed by atoms with E-state index in [0.717, 1.165) is 60.2 Å². The highest BCUT2D eigenvalue weighted by atomic mass is 19.1. The van der Waals surface area contributed by atoms with Crippen LogP contribution in [0.3, 0.4) is 0 Å². The van der Waals surface area contributed by atoms with Gasteiger partial charge in [0.05, 0.1) is 12.8 Å². The van der Waals surface area contributed by atoms with Crippen molar-refractivity contribution in [2.45, 2.75) is 18.9 Å². The van der Waals surface area contributed by atoms with Crippen LogP contribution in [0.5, 0.6) is 5.75 Å². The lowest BCUT2D eigenvalue weighted by Crippen LogP contribution is -2.20. The van der Waals surface area contributed by atoms with E-state index >= 15 is 0 Å². The molecule has 5 aromatic rings. The standard InChI is InChI=1S/C24H23FN4O.C6H5NO/c1-30-23-6-5-17(25)12-20(23)19-7-10-27-24-21(19)13-22(28-24)16-8-11-29(14-16)15-18-4-2-3-9-26-18;8-5-6-3-1-2-4-7-6/h2-7,9-10,12-13,16H,8,11,14-15H2,1H3,(H,27,28);1-5H. The molecule has 0 amide bonds. The third-order valence-electron chi connectivity index (χ3n) is 6.64. The van der Waals surface area contributed by atoms with Crippen LogP contribution in [-0.4, -0.2) is 51.3 Å². The first-order valence-corrected chi connectivity index (χ1v) is 12.4. The van der Waals surface area contributed by atoms with Crippen molar-refractivity contribution in [2.75, 3.05) is 20.2 Å². The van der Waals surface area contributed by atoms with E-state index in [-0.39, 0.29) is 5.82 Å². The zero-order valence-corrected chi connectivity index (χ0v) is 21.0. The average molecular weight is 510 g/mol. The summed E-state index contributed by atoms with van der Waals surface area (Å²) in [4.78, 5) is 28.6. The van der Waals surface area contributed by atoms with E-state index in [1.54, 1.807) is 43.8 Å². The number of hydrogen-bond acceptors (Lipinski definition) is 6. The number of carbonyl (C=O) groups excluding carboxylic acids is 1. The molecule has 1 atom stereocenters. The van der Waals surface area contributed by atoms with Gasteiger partial charge in [0, 0.05) is 54.2 Å². The molecule has 1 aliphatic rings. The minimum Gasteiger partial charge on any atom is -0.496 e. The Morgan fingerprint density at radius 1 is 1.00 bits per heavy atom. The summed E-state index contributed by atoms with van der Waals surface area (Å²) in [6.45, 7) is 2.87. The third-order valence-corrected chi connectivity index (χ3v) is 6.64. The van der Waals surface area contributed by atoms with Gasteiger partial charge in [0.25, 0.3) is 0 Å². The first-order chi connectivity index (χ1) is 18.6. The van der Waals surface area contributed by atoms with Gasteiger partial charge in [-0.3, -0.25) is 19.7 Å². The molecule has 1 aromatic carbocycles. The van der Waals surface area contributed by atoms with Crippen LogP contribution < -0.4 is 4.74 Å². The molecule has 7 nitrogen and oxygen atoms in total. The van der Waals surface area contributed by atoms with E-state index in [0.29, 0.717) is 17.4 Å². The normalized spacial score (nSPS) is 15.2. The van der Waals surface area contributed by atoms with Crippen molar-refractivity contribution in [1.29, 1.82) is 0 Å². The third kappa shape index (κ3) is 5.76. The second-order valence-corrected chi connectivity index (χ2v) is 9.10. The summed E-state index contributed by atoms with van der Waals surface area (Å²) in [5.41, 5.74) is 5.21. The molecule has 0 radical (unpaired) electrons. The molecule has 5 heterocycles. The Bertz CT molecular complexity index is 1510. The lowest BCUT2D eigenvalue weighted by Gasteiger charge is -2.14. The Balaban J connectivity index is 0.000000316. The molecule has 4 aromatic heterocycles. The number of aromatic nitrogens is 4. The number of H-pyrrole nitrogens is 1. The van der Waals surface area contributed by atoms with Crippen molar-refractivity contribution in [3.8, 4) is 16.9 Å². The van der Waals surface area contributed by atoms with Crippen molar-refractivity contribution in [3.05, 3.63) is 108 Å². The molecule has 0 aliphatic carbocycles. The second-order valence-electron chi connectivity index (χ2n) is 9.10. The van der Waals surface area contributed by atoms with Crippen molar-refractivity contribution in [1.82, 2.24) is 24.8 Å². The Morgan fingerprint density at radius 3 is 2.55 bits per heavy atom. The fourth-order valence-electron chi connectivity index (χ4n) is 4.79. The summed E-state index contributed by atoms with van der Waals surface area (Å²) >= 11 is 0. The summed E-state index contributed by atoms with van der Waals surface area (Å²) in [6.07, 6.45) is 6.99. The molecule has 1 N–H and O–H groups in total. The molecule has 0 saturated carbocycles. The number of nitrogens with one attached hydrogen (secondary N) is 1. The number of likely N-dealkylation sites (tertiary alicyclic amines) is 1. The Labute approximate surface area is 220 Å². The maximum absolute atomic E-state index is 14.0. The first-order valence-electron chi connectivity index (χ1n) is 12.4. The smallest absolute Gasteiger partial charge is 0.168 e. The molecule has 0 spiro atoms. The fourth-order valence-corrected chi connectivity index (χ4v) is 4.79. The number of benzene rings is 1. The van der Waals surface area contributed by atoms with E-state index in [9.17, 15) is 9.18 Å². The Kier molecular flexibility index (Phi) is 7.80. The largest absolute Gasteiger partial charge is 0.496 e. The first kappa shape index (κ1) is 25.2. The maximum atomic E-state index is 14.0. The van der Waals surface area contributed by atoms with Crippen molar-refractivity contribution < 1.29 is 13.9 Å². The minimum atomic E-state index is -0.285. The molecule has 192 valence electrons. The predicted molar refractivity (Wildman–Crippen MR) is 145 cm³/mol. The molecule has 0 bridgehead atoms. The van der Waals surface area contributed by atoms with Crippen LogP contribution in [0.25, 0.3) is 22.2 Å². The topological polar surface area (TPSA) is 84.0 Å². The molecular weight excluding hydrogens is 481 g/mol. The summed E-state index contributed by atoms with van der Waals surface area (Å²) in [5, 5.41) is 0.986. The van der Waals surface area contributed by atoms with Gasteiger partial charge in [0.1, 0.15) is 22.9 Å². The molecule has 1 fully saturated rings. The Hall–Kier alpha value is -4.43. The molecule has 38 heavy (non-hydrogen) atoms. The molecule has 1 unspecified atom stereocenters. The van der Waals surface area contributed by atoms with Crippen molar-refractivity contribution >= 4 is 17.3 Å². The highest BCUT2D eigenvalue weighted by Gasteiger charge is 2.26. The van der Waals surface area contributed by atoms with Gasteiger partial charge in [-0.2, -0.15) is 0 Å². The van der Waals surface area contributed by atoms with E-state index in [1.807, 2.05) is 24.4 Å². The van der Waals surface area contributed by atoms with Gasteiger partial charge in [-0.1, -0.05) is 12.1 Å². The zero-order chi connectivity index (χ0) is 26.3. The number of fused-ring (bicyclic) bond motifs is 1. The lowest BCUT2D eigenvalue weighted by atomic mass is 10.0. The number of carbonyl (C=O) groups is 1. The zero-order valence-electron chi connectivity index (χ0n) is 21.0. The van der Waals surface area contributed by atoms with Gasteiger partial charge in [0.2, 0.25) is 0 Å². The maximum Gasteiger partial charge on any atom is 0.168 e. The quantitative estimate of drug-likeness (QED) is 0.298. The van der Waals surface area contributed by atoms with Gasteiger partial charge in [-0.05, 0) is 73.1 Å². The van der Waals surface area contributed by atoms with E-state index in [2.05, 4.69) is 37.0 Å². The molecule has 6 rings (SSSR count). The van der Waals surface area contributed by atoms with Crippen LogP contribution in [0.1, 0.15) is 34.2 Å². The Morgan fingerprint density at radius 2 is 1.84 bits per heavy atom. The van der Waals surface area contributed by atoms with Crippen LogP contribution in [0.4, 0.5) is 4.39 Å². The van der Waals surface area contributed by atoms with E-state index in [1.165, 1.54) is 17.8 Å². The highest BCUT2D eigenvalue weighted by Crippen LogP contribution is 2.37. The monoisotopic (exact) mass is 509 g/mol. The van der Waals surface area contributed by atoms with E-state index in [4.69, 9.17) is 4.74 Å². The number of halogens is 1. The number of nitrogens with zero attached hydrogens (tertiary/aromatic N) is 4. The molecule has 8 heteroatoms. The summed E-state index contributed by atoms with van der Waals surface area (Å²) in [5.74, 6) is 0.770. The number of pyridine rings is 3. The van der Waals surface area contributed by atoms with Crippen LogP contribution in [0.15, 0.2) is 85.3 Å². The number of methoxy groups -OCH3 is 1. The van der Waals surface area contributed by atoms with Gasteiger partial charge in [-0.15, -0.1) is 0 Å². The number of aromatic amines is 1. The predicted octanol–water partition coefficient (Wildman–Crippen LogP) is 5.66. The van der Waals surface area contributed by atoms with Crippen LogP contribution >= 0.6 is 0 Å². The van der Waals surface area contributed by atoms with Gasteiger partial charge in [-0.25, -0.2) is 9.37 Å². The number of rotatable bonds is 6. The summed E-state index contributed by atoms with van der Waals surface area (Å²) in [7, 11) is 1.60. The SMILES string of the molecule is COc1ccc(F)cc1-c1ccnc2[nH]c(C3CCN(Cc4ccccn4)C3)cc12.O=Cc1ccccn1. The van der Waals surface area contributed by atoms with Crippen LogP contribution in [-0.2, 0) is 6.54 Å². The number of aldehydes is 1. The number of hydrogen-bond donors (Lipinski definition) is 1. The van der Waals surface area contributed by atoms with Crippen LogP contribution in [0.2, 0.25) is 0 Å². The molecule has 1 aliphatic heterocycles. The average Bonchev–Trinajstić information content (AvgIpc) is 3.61. The van der Waals surface area contributed by atoms with Gasteiger partial charge < -0.3 is 9.72 Å². The number of ether oxygens (including phenoxy) is 1. The molecular formula is C30H28FN5O2.